The fraction of sp³-hybridized carbons (Fsp3) is 0.154. The molecule has 1 aromatic carbocycles. The number of hydrogen-bond donors (Lipinski definition) is 3. The number of nitrogens with zero attached hydrogens (tertiary/aromatic N) is 1. The molecule has 1 heterocycles. The van der Waals surface area contributed by atoms with E-state index in [0.29, 0.717) is 18.8 Å². The van der Waals surface area contributed by atoms with Crippen molar-refractivity contribution >= 4 is 5.69 Å². The largest absolute Gasteiger partial charge is 0.506 e. The molecule has 0 aliphatic heterocycles. The normalized spacial score (nSPS) is 10.4. The molecule has 0 unspecified atom stereocenters. The van der Waals surface area contributed by atoms with Crippen molar-refractivity contribution in [1.29, 1.82) is 0 Å². The van der Waals surface area contributed by atoms with Gasteiger partial charge in [-0.25, -0.2) is 0 Å². The summed E-state index contributed by atoms with van der Waals surface area (Å²) in [6.45, 7) is 1.28. The Morgan fingerprint density at radius 3 is 2.76 bits per heavy atom. The van der Waals surface area contributed by atoms with Crippen LogP contribution in [0, 0.1) is 0 Å². The van der Waals surface area contributed by atoms with Crippen LogP contribution in [0.25, 0.3) is 0 Å². The van der Waals surface area contributed by atoms with E-state index >= 15 is 0 Å². The molecule has 0 fully saturated rings. The van der Waals surface area contributed by atoms with E-state index in [9.17, 15) is 5.11 Å². The monoisotopic (exact) mass is 229 g/mol. The molecule has 0 bridgehead atoms. The topological polar surface area (TPSA) is 71.2 Å². The number of hydrogen-bond acceptors (Lipinski definition) is 4. The van der Waals surface area contributed by atoms with Crippen LogP contribution >= 0.6 is 0 Å². The van der Waals surface area contributed by atoms with Crippen molar-refractivity contribution in [3.8, 4) is 5.75 Å². The molecule has 0 amide bonds. The zero-order valence-corrected chi connectivity index (χ0v) is 9.43. The van der Waals surface area contributed by atoms with Gasteiger partial charge in [0.15, 0.2) is 0 Å². The van der Waals surface area contributed by atoms with E-state index in [1.54, 1.807) is 18.3 Å². The van der Waals surface area contributed by atoms with Crippen molar-refractivity contribution in [3.05, 3.63) is 53.9 Å². The molecule has 4 N–H and O–H groups in total. The number of benzene rings is 1. The van der Waals surface area contributed by atoms with E-state index in [-0.39, 0.29) is 5.75 Å². The van der Waals surface area contributed by atoms with E-state index in [4.69, 9.17) is 5.73 Å². The van der Waals surface area contributed by atoms with Gasteiger partial charge in [0.2, 0.25) is 0 Å². The lowest BCUT2D eigenvalue weighted by atomic mass is 10.1. The van der Waals surface area contributed by atoms with Gasteiger partial charge in [-0.2, -0.15) is 0 Å². The zero-order valence-electron chi connectivity index (χ0n) is 9.43. The Bertz CT molecular complexity index is 485. The van der Waals surface area contributed by atoms with Gasteiger partial charge < -0.3 is 16.2 Å². The minimum Gasteiger partial charge on any atom is -0.506 e. The first-order valence-corrected chi connectivity index (χ1v) is 5.44. The summed E-state index contributed by atoms with van der Waals surface area (Å²) in [7, 11) is 0. The van der Waals surface area contributed by atoms with Crippen molar-refractivity contribution in [3.63, 3.8) is 0 Å². The number of nitrogen functional groups attached to an aromatic ring is 1. The van der Waals surface area contributed by atoms with Gasteiger partial charge >= 0.3 is 0 Å². The van der Waals surface area contributed by atoms with E-state index in [2.05, 4.69) is 10.3 Å². The lowest BCUT2D eigenvalue weighted by Crippen LogP contribution is -2.14. The van der Waals surface area contributed by atoms with Crippen LogP contribution in [0.3, 0.4) is 0 Å². The smallest absolute Gasteiger partial charge is 0.138 e. The number of anilines is 1. The minimum atomic E-state index is 0.127. The molecule has 17 heavy (non-hydrogen) atoms. The molecule has 0 saturated carbocycles. The van der Waals surface area contributed by atoms with Crippen molar-refractivity contribution in [2.24, 2.45) is 0 Å². The second kappa shape index (κ2) is 5.32. The van der Waals surface area contributed by atoms with Crippen LogP contribution in [-0.4, -0.2) is 10.1 Å². The molecular formula is C13H15N3O. The lowest BCUT2D eigenvalue weighted by Gasteiger charge is -2.08. The Morgan fingerprint density at radius 2 is 2.00 bits per heavy atom. The van der Waals surface area contributed by atoms with Gasteiger partial charge in [-0.3, -0.25) is 4.98 Å². The quantitative estimate of drug-likeness (QED) is 0.551. The molecule has 2 aromatic rings. The molecule has 2 rings (SSSR count). The molecule has 0 spiro atoms. The Hall–Kier alpha value is -2.07. The number of para-hydroxylation sites is 1. The second-order valence-electron chi connectivity index (χ2n) is 3.77. The third-order valence-corrected chi connectivity index (χ3v) is 2.52. The van der Waals surface area contributed by atoms with Gasteiger partial charge in [-0.15, -0.1) is 0 Å². The summed E-state index contributed by atoms with van der Waals surface area (Å²) >= 11 is 0. The maximum Gasteiger partial charge on any atom is 0.138 e. The highest BCUT2D eigenvalue weighted by atomic mass is 16.3. The van der Waals surface area contributed by atoms with Gasteiger partial charge in [0.1, 0.15) is 5.75 Å². The Balaban J connectivity index is 1.93. The molecule has 0 atom stereocenters. The van der Waals surface area contributed by atoms with E-state index in [1.165, 1.54) is 0 Å². The summed E-state index contributed by atoms with van der Waals surface area (Å²) in [6.07, 6.45) is 1.76. The first kappa shape index (κ1) is 11.4. The number of pyridine rings is 1. The van der Waals surface area contributed by atoms with Crippen LogP contribution in [0.4, 0.5) is 5.69 Å². The Kier molecular flexibility index (Phi) is 3.57. The molecule has 0 aliphatic carbocycles. The summed E-state index contributed by atoms with van der Waals surface area (Å²) < 4.78 is 0. The van der Waals surface area contributed by atoms with Crippen molar-refractivity contribution < 1.29 is 5.11 Å². The first-order chi connectivity index (χ1) is 8.27. The Morgan fingerprint density at radius 1 is 1.12 bits per heavy atom. The summed E-state index contributed by atoms with van der Waals surface area (Å²) in [6, 6.07) is 11.0. The van der Waals surface area contributed by atoms with Crippen LogP contribution in [-0.2, 0) is 13.1 Å². The molecular weight excluding hydrogens is 214 g/mol. The third kappa shape index (κ3) is 2.95. The Labute approximate surface area is 100 Å². The number of aromatic nitrogens is 1. The highest BCUT2D eigenvalue weighted by Gasteiger charge is 2.02. The summed E-state index contributed by atoms with van der Waals surface area (Å²) in [5.74, 6) is 0.127. The summed E-state index contributed by atoms with van der Waals surface area (Å²) in [4.78, 5) is 4.21. The van der Waals surface area contributed by atoms with E-state index < -0.39 is 0 Å². The van der Waals surface area contributed by atoms with Crippen LogP contribution in [0.1, 0.15) is 11.3 Å². The van der Waals surface area contributed by atoms with Gasteiger partial charge in [0.25, 0.3) is 0 Å². The zero-order chi connectivity index (χ0) is 12.1. The standard InChI is InChI=1S/C13H15N3O/c14-13-10(4-3-6-12(13)17)8-15-9-11-5-1-2-7-16-11/h1-7,15,17H,8-9,14H2. The van der Waals surface area contributed by atoms with Crippen LogP contribution in [0.5, 0.6) is 5.75 Å². The summed E-state index contributed by atoms with van der Waals surface area (Å²) in [5.41, 5.74) is 8.06. The molecule has 4 nitrogen and oxygen atoms in total. The molecule has 0 saturated heterocycles. The number of phenols is 1. The second-order valence-corrected chi connectivity index (χ2v) is 3.77. The van der Waals surface area contributed by atoms with Crippen LogP contribution < -0.4 is 11.1 Å². The van der Waals surface area contributed by atoms with Gasteiger partial charge in [-0.05, 0) is 23.8 Å². The molecule has 0 radical (unpaired) electrons. The van der Waals surface area contributed by atoms with E-state index in [1.807, 2.05) is 24.3 Å². The molecule has 88 valence electrons. The van der Waals surface area contributed by atoms with Gasteiger partial charge in [0, 0.05) is 19.3 Å². The molecule has 4 heteroatoms. The highest BCUT2D eigenvalue weighted by Crippen LogP contribution is 2.23. The first-order valence-electron chi connectivity index (χ1n) is 5.44. The van der Waals surface area contributed by atoms with Crippen molar-refractivity contribution in [1.82, 2.24) is 10.3 Å². The SMILES string of the molecule is Nc1c(O)cccc1CNCc1ccccn1. The third-order valence-electron chi connectivity index (χ3n) is 2.52. The maximum absolute atomic E-state index is 9.45. The van der Waals surface area contributed by atoms with Gasteiger partial charge in [0.05, 0.1) is 11.4 Å². The minimum absolute atomic E-state index is 0.127. The fourth-order valence-corrected chi connectivity index (χ4v) is 1.58. The molecule has 0 aliphatic rings. The number of nitrogens with two attached hydrogens (primary N) is 1. The van der Waals surface area contributed by atoms with Crippen molar-refractivity contribution in [2.45, 2.75) is 13.1 Å². The van der Waals surface area contributed by atoms with Gasteiger partial charge in [-0.1, -0.05) is 18.2 Å². The summed E-state index contributed by atoms with van der Waals surface area (Å²) in [5, 5.41) is 12.7. The predicted molar refractivity (Wildman–Crippen MR) is 67.3 cm³/mol. The van der Waals surface area contributed by atoms with E-state index in [0.717, 1.165) is 11.3 Å². The number of aromatic hydroxyl groups is 1. The number of nitrogens with one attached hydrogen (secondary N) is 1. The number of rotatable bonds is 4. The van der Waals surface area contributed by atoms with Crippen molar-refractivity contribution in [2.75, 3.05) is 5.73 Å². The average molecular weight is 229 g/mol. The maximum atomic E-state index is 9.45. The molecule has 1 aromatic heterocycles. The predicted octanol–water partition coefficient (Wildman–Crippen LogP) is 1.66. The number of phenolic OH excluding ortho intramolecular Hbond substituents is 1. The van der Waals surface area contributed by atoms with Crippen LogP contribution in [0.2, 0.25) is 0 Å². The average Bonchev–Trinajstić information content (AvgIpc) is 2.36. The van der Waals surface area contributed by atoms with Crippen LogP contribution in [0.15, 0.2) is 42.6 Å². The lowest BCUT2D eigenvalue weighted by molar-refractivity contribution is 0.477. The fourth-order valence-electron chi connectivity index (χ4n) is 1.58. The highest BCUT2D eigenvalue weighted by molar-refractivity contribution is 5.57.